The Bertz CT molecular complexity index is 1000. The Kier molecular flexibility index (Phi) is 4.34. The van der Waals surface area contributed by atoms with Gasteiger partial charge in [0.25, 0.3) is 5.91 Å². The normalized spacial score (nSPS) is 14.4. The molecule has 0 bridgehead atoms. The predicted molar refractivity (Wildman–Crippen MR) is 96.3 cm³/mol. The zero-order valence-corrected chi connectivity index (χ0v) is 14.6. The highest BCUT2D eigenvalue weighted by atomic mass is 16.5. The van der Waals surface area contributed by atoms with E-state index in [0.717, 1.165) is 16.7 Å². The Morgan fingerprint density at radius 1 is 1.27 bits per heavy atom. The molecular formula is C18H21N5O3. The third-order valence-corrected chi connectivity index (χ3v) is 4.82. The van der Waals surface area contributed by atoms with Gasteiger partial charge in [-0.15, -0.1) is 0 Å². The highest BCUT2D eigenvalue weighted by molar-refractivity contribution is 6.06. The zero-order chi connectivity index (χ0) is 18.1. The first-order valence-electron chi connectivity index (χ1n) is 8.70. The molecule has 0 unspecified atom stereocenters. The number of fused-ring (bicyclic) bond motifs is 2. The first kappa shape index (κ1) is 16.6. The number of hydrogen-bond acceptors (Lipinski definition) is 4. The lowest BCUT2D eigenvalue weighted by atomic mass is 10.1. The Morgan fingerprint density at radius 3 is 3.00 bits per heavy atom. The summed E-state index contributed by atoms with van der Waals surface area (Å²) < 4.78 is 8.13. The average molecular weight is 355 g/mol. The summed E-state index contributed by atoms with van der Waals surface area (Å²) in [6, 6.07) is 7.59. The van der Waals surface area contributed by atoms with Gasteiger partial charge in [-0.05, 0) is 18.2 Å². The summed E-state index contributed by atoms with van der Waals surface area (Å²) in [4.78, 5) is 30.4. The molecule has 2 aromatic heterocycles. The van der Waals surface area contributed by atoms with Gasteiger partial charge in [0.05, 0.1) is 13.2 Å². The van der Waals surface area contributed by atoms with Gasteiger partial charge in [-0.2, -0.15) is 5.10 Å². The second-order valence-electron chi connectivity index (χ2n) is 6.35. The molecule has 0 radical (unpaired) electrons. The van der Waals surface area contributed by atoms with Crippen LogP contribution in [0, 0.1) is 0 Å². The van der Waals surface area contributed by atoms with E-state index in [1.807, 2.05) is 30.5 Å². The van der Waals surface area contributed by atoms with Crippen LogP contribution in [0.15, 0.2) is 35.3 Å². The van der Waals surface area contributed by atoms with Crippen molar-refractivity contribution in [3.05, 3.63) is 52.3 Å². The molecule has 4 rings (SSSR count). The van der Waals surface area contributed by atoms with Crippen LogP contribution in [0.3, 0.4) is 0 Å². The van der Waals surface area contributed by atoms with Gasteiger partial charge < -0.3 is 14.6 Å². The van der Waals surface area contributed by atoms with Crippen molar-refractivity contribution < 1.29 is 9.53 Å². The number of hydrogen-bond donors (Lipinski definition) is 1. The Morgan fingerprint density at radius 2 is 2.15 bits per heavy atom. The van der Waals surface area contributed by atoms with Crippen LogP contribution in [-0.4, -0.2) is 56.9 Å². The number of rotatable bonds is 4. The molecule has 0 saturated heterocycles. The summed E-state index contributed by atoms with van der Waals surface area (Å²) >= 11 is 0. The Balaban J connectivity index is 1.55. The van der Waals surface area contributed by atoms with Crippen LogP contribution in [0.5, 0.6) is 0 Å². The standard InChI is InChI=1S/C18H21N5O3/c1-26-12-11-23-18(25)22-10-9-21(8-6-16(22)20-23)17(24)14-3-2-4-15-13(14)5-7-19-15/h2-5,7,19H,6,8-12H2,1H3. The number of aromatic amines is 1. The lowest BCUT2D eigenvalue weighted by Gasteiger charge is -2.20. The molecule has 0 spiro atoms. The lowest BCUT2D eigenvalue weighted by Crippen LogP contribution is -2.35. The molecule has 0 atom stereocenters. The smallest absolute Gasteiger partial charge is 0.346 e. The molecule has 0 fully saturated rings. The van der Waals surface area contributed by atoms with E-state index in [-0.39, 0.29) is 11.6 Å². The van der Waals surface area contributed by atoms with Gasteiger partial charge in [-0.3, -0.25) is 9.36 Å². The van der Waals surface area contributed by atoms with Gasteiger partial charge in [-0.1, -0.05) is 6.07 Å². The molecule has 1 aliphatic heterocycles. The van der Waals surface area contributed by atoms with E-state index < -0.39 is 0 Å². The lowest BCUT2D eigenvalue weighted by molar-refractivity contribution is 0.0760. The number of nitrogens with one attached hydrogen (secondary N) is 1. The summed E-state index contributed by atoms with van der Waals surface area (Å²) in [5.41, 5.74) is 1.49. The van der Waals surface area contributed by atoms with Gasteiger partial charge in [0.1, 0.15) is 5.82 Å². The van der Waals surface area contributed by atoms with Crippen molar-refractivity contribution in [3.63, 3.8) is 0 Å². The molecular weight excluding hydrogens is 334 g/mol. The molecule has 1 aliphatic rings. The minimum absolute atomic E-state index is 0.0133. The van der Waals surface area contributed by atoms with E-state index in [9.17, 15) is 9.59 Å². The second kappa shape index (κ2) is 6.80. The summed E-state index contributed by atoms with van der Waals surface area (Å²) in [6.45, 7) is 2.37. The molecule has 26 heavy (non-hydrogen) atoms. The summed E-state index contributed by atoms with van der Waals surface area (Å²) in [5, 5.41) is 5.32. The number of H-pyrrole nitrogens is 1. The molecule has 1 amide bonds. The molecule has 8 heteroatoms. The maximum Gasteiger partial charge on any atom is 0.346 e. The van der Waals surface area contributed by atoms with E-state index in [1.165, 1.54) is 4.68 Å². The van der Waals surface area contributed by atoms with Crippen molar-refractivity contribution >= 4 is 16.8 Å². The number of ether oxygens (including phenoxy) is 1. The number of aromatic nitrogens is 4. The minimum atomic E-state index is -0.140. The molecule has 136 valence electrons. The number of amides is 1. The maximum atomic E-state index is 13.0. The fourth-order valence-corrected chi connectivity index (χ4v) is 3.43. The van der Waals surface area contributed by atoms with Crippen LogP contribution in [-0.2, 0) is 24.2 Å². The van der Waals surface area contributed by atoms with Crippen molar-refractivity contribution in [2.24, 2.45) is 0 Å². The highest BCUT2D eigenvalue weighted by Crippen LogP contribution is 2.20. The third-order valence-electron chi connectivity index (χ3n) is 4.82. The predicted octanol–water partition coefficient (Wildman–Crippen LogP) is 0.871. The van der Waals surface area contributed by atoms with E-state index in [4.69, 9.17) is 4.74 Å². The number of carbonyl (C=O) groups is 1. The minimum Gasteiger partial charge on any atom is -0.383 e. The van der Waals surface area contributed by atoms with Crippen LogP contribution >= 0.6 is 0 Å². The fraction of sp³-hybridized carbons (Fsp3) is 0.389. The summed E-state index contributed by atoms with van der Waals surface area (Å²) in [5.74, 6) is 0.710. The molecule has 0 saturated carbocycles. The second-order valence-corrected chi connectivity index (χ2v) is 6.35. The van der Waals surface area contributed by atoms with Crippen LogP contribution in [0.4, 0.5) is 0 Å². The number of carbonyl (C=O) groups excluding carboxylic acids is 1. The molecule has 3 aromatic rings. The number of nitrogens with zero attached hydrogens (tertiary/aromatic N) is 4. The molecule has 1 N–H and O–H groups in total. The Hall–Kier alpha value is -2.87. The molecule has 0 aliphatic carbocycles. The zero-order valence-electron chi connectivity index (χ0n) is 14.6. The van der Waals surface area contributed by atoms with E-state index in [2.05, 4.69) is 10.1 Å². The maximum absolute atomic E-state index is 13.0. The summed E-state index contributed by atoms with van der Waals surface area (Å²) in [6.07, 6.45) is 2.39. The van der Waals surface area contributed by atoms with E-state index in [1.54, 1.807) is 16.6 Å². The monoisotopic (exact) mass is 355 g/mol. The van der Waals surface area contributed by atoms with Crippen LogP contribution in [0.25, 0.3) is 10.9 Å². The van der Waals surface area contributed by atoms with Gasteiger partial charge in [0.2, 0.25) is 0 Å². The van der Waals surface area contributed by atoms with Crippen LogP contribution in [0.2, 0.25) is 0 Å². The molecule has 1 aromatic carbocycles. The first-order valence-corrected chi connectivity index (χ1v) is 8.70. The van der Waals surface area contributed by atoms with Crippen molar-refractivity contribution in [2.45, 2.75) is 19.5 Å². The number of methoxy groups -OCH3 is 1. The van der Waals surface area contributed by atoms with Gasteiger partial charge >= 0.3 is 5.69 Å². The fourth-order valence-electron chi connectivity index (χ4n) is 3.43. The quantitative estimate of drug-likeness (QED) is 0.753. The Labute approximate surface area is 150 Å². The average Bonchev–Trinajstić information content (AvgIpc) is 3.18. The van der Waals surface area contributed by atoms with Crippen molar-refractivity contribution in [1.82, 2.24) is 24.2 Å². The topological polar surface area (TPSA) is 85.2 Å². The SMILES string of the molecule is COCCn1nc2n(c1=O)CCN(C(=O)c1cccc3[nH]ccc13)CC2. The molecule has 3 heterocycles. The van der Waals surface area contributed by atoms with E-state index in [0.29, 0.717) is 44.8 Å². The van der Waals surface area contributed by atoms with Gasteiger partial charge in [0.15, 0.2) is 0 Å². The van der Waals surface area contributed by atoms with Crippen LogP contribution in [0.1, 0.15) is 16.2 Å². The largest absolute Gasteiger partial charge is 0.383 e. The van der Waals surface area contributed by atoms with Crippen molar-refractivity contribution in [2.75, 3.05) is 26.8 Å². The van der Waals surface area contributed by atoms with E-state index >= 15 is 0 Å². The summed E-state index contributed by atoms with van der Waals surface area (Å²) in [7, 11) is 1.60. The van der Waals surface area contributed by atoms with Crippen molar-refractivity contribution in [1.29, 1.82) is 0 Å². The first-order chi connectivity index (χ1) is 12.7. The van der Waals surface area contributed by atoms with Gasteiger partial charge in [-0.25, -0.2) is 9.48 Å². The van der Waals surface area contributed by atoms with Crippen molar-refractivity contribution in [3.8, 4) is 0 Å². The number of benzene rings is 1. The highest BCUT2D eigenvalue weighted by Gasteiger charge is 2.24. The van der Waals surface area contributed by atoms with Crippen LogP contribution < -0.4 is 5.69 Å². The molecule has 8 nitrogen and oxygen atoms in total. The third kappa shape index (κ3) is 2.82. The van der Waals surface area contributed by atoms with Gasteiger partial charge in [0, 0.05) is 55.8 Å².